The number of ether oxygens (including phenoxy) is 1. The van der Waals surface area contributed by atoms with E-state index < -0.39 is 12.1 Å². The summed E-state index contributed by atoms with van der Waals surface area (Å²) in [5.41, 5.74) is 0. The summed E-state index contributed by atoms with van der Waals surface area (Å²) in [6.45, 7) is 4.94. The predicted molar refractivity (Wildman–Crippen MR) is 310 cm³/mol. The smallest absolute Gasteiger partial charge is 0.305 e. The number of hydrogen-bond donors (Lipinski definition) is 3. The van der Waals surface area contributed by atoms with Gasteiger partial charge in [0.1, 0.15) is 0 Å². The van der Waals surface area contributed by atoms with E-state index in [1.165, 1.54) is 270 Å². The maximum Gasteiger partial charge on any atom is 0.305 e. The normalized spacial score (nSPS) is 12.7. The summed E-state index contributed by atoms with van der Waals surface area (Å²) in [6.07, 6.45) is 74.8. The molecule has 0 aromatic carbocycles. The van der Waals surface area contributed by atoms with Crippen LogP contribution < -0.4 is 5.32 Å². The third-order valence-corrected chi connectivity index (χ3v) is 15.0. The summed E-state index contributed by atoms with van der Waals surface area (Å²) in [5, 5.41) is 23.3. The van der Waals surface area contributed by atoms with Crippen molar-refractivity contribution < 1.29 is 24.5 Å². The van der Waals surface area contributed by atoms with Gasteiger partial charge in [-0.05, 0) is 57.8 Å². The molecule has 0 aliphatic carbocycles. The minimum Gasteiger partial charge on any atom is -0.466 e. The molecule has 2 atom stereocenters. The molecule has 1 amide bonds. The third kappa shape index (κ3) is 57.5. The predicted octanol–water partition coefficient (Wildman–Crippen LogP) is 20.2. The molecule has 0 fully saturated rings. The van der Waals surface area contributed by atoms with Crippen molar-refractivity contribution in [1.29, 1.82) is 0 Å². The van der Waals surface area contributed by atoms with Crippen LogP contribution in [0.15, 0.2) is 24.3 Å². The minimum atomic E-state index is -0.663. The van der Waals surface area contributed by atoms with E-state index in [4.69, 9.17) is 4.74 Å². The molecule has 3 N–H and O–H groups in total. The Hall–Kier alpha value is -1.66. The first-order valence-corrected chi connectivity index (χ1v) is 32.1. The van der Waals surface area contributed by atoms with Crippen LogP contribution in [0.3, 0.4) is 0 Å². The van der Waals surface area contributed by atoms with Crippen LogP contribution in [0.4, 0.5) is 0 Å². The van der Waals surface area contributed by atoms with Gasteiger partial charge in [0, 0.05) is 12.8 Å². The number of carbonyl (C=O) groups is 2. The molecule has 420 valence electrons. The zero-order valence-electron chi connectivity index (χ0n) is 48.0. The van der Waals surface area contributed by atoms with Crippen molar-refractivity contribution in [2.75, 3.05) is 13.2 Å². The molecule has 0 heterocycles. The molecule has 0 aromatic rings. The molecule has 0 aliphatic heterocycles. The molecule has 2 unspecified atom stereocenters. The Labute approximate surface area is 443 Å². The zero-order chi connectivity index (χ0) is 51.4. The molecule has 6 nitrogen and oxygen atoms in total. The molecule has 0 aromatic heterocycles. The Morgan fingerprint density at radius 1 is 0.394 bits per heavy atom. The highest BCUT2D eigenvalue weighted by Crippen LogP contribution is 2.18. The fourth-order valence-electron chi connectivity index (χ4n) is 10.1. The molecule has 0 bridgehead atoms. The summed E-state index contributed by atoms with van der Waals surface area (Å²) >= 11 is 0. The maximum absolute atomic E-state index is 12.5. The molecular weight excluding hydrogens is 875 g/mol. The van der Waals surface area contributed by atoms with E-state index in [1.54, 1.807) is 0 Å². The number of nitrogens with one attached hydrogen (secondary N) is 1. The number of hydrogen-bond acceptors (Lipinski definition) is 5. The van der Waals surface area contributed by atoms with Crippen LogP contribution in [0.2, 0.25) is 0 Å². The second-order valence-electron chi connectivity index (χ2n) is 22.1. The Morgan fingerprint density at radius 3 is 1.10 bits per heavy atom. The average molecular weight is 1000 g/mol. The van der Waals surface area contributed by atoms with Crippen molar-refractivity contribution in [2.24, 2.45) is 0 Å². The Morgan fingerprint density at radius 2 is 0.704 bits per heavy atom. The van der Waals surface area contributed by atoms with Gasteiger partial charge in [-0.2, -0.15) is 0 Å². The Bertz CT molecular complexity index is 1110. The molecule has 0 saturated heterocycles. The minimum absolute atomic E-state index is 0.0100. The zero-order valence-corrected chi connectivity index (χ0v) is 48.0. The molecule has 0 rings (SSSR count). The number of carbonyl (C=O) groups excluding carboxylic acids is 2. The highest BCUT2D eigenvalue weighted by atomic mass is 16.5. The summed E-state index contributed by atoms with van der Waals surface area (Å²) in [7, 11) is 0. The van der Waals surface area contributed by atoms with Gasteiger partial charge in [-0.3, -0.25) is 9.59 Å². The summed E-state index contributed by atoms with van der Waals surface area (Å²) in [5.74, 6) is -0.0238. The van der Waals surface area contributed by atoms with Gasteiger partial charge in [0.05, 0.1) is 25.4 Å². The highest BCUT2D eigenvalue weighted by molar-refractivity contribution is 5.76. The number of amides is 1. The van der Waals surface area contributed by atoms with E-state index in [2.05, 4.69) is 43.5 Å². The SMILES string of the molecule is CCCCC/C=C\C/C=C\CCCCCCCCCCCC(=O)OCCCCCCCCCCCCCCCCCCCCCCCCC(=O)NC(CO)C(O)CCCCCCCCCCCCCCC. The number of unbranched alkanes of at least 4 members (excludes halogenated alkanes) is 45. The van der Waals surface area contributed by atoms with Crippen LogP contribution in [-0.2, 0) is 14.3 Å². The van der Waals surface area contributed by atoms with Gasteiger partial charge in [0.2, 0.25) is 5.91 Å². The van der Waals surface area contributed by atoms with Gasteiger partial charge in [0.15, 0.2) is 0 Å². The van der Waals surface area contributed by atoms with Gasteiger partial charge in [-0.15, -0.1) is 0 Å². The topological polar surface area (TPSA) is 95.9 Å². The van der Waals surface area contributed by atoms with Gasteiger partial charge >= 0.3 is 5.97 Å². The molecular formula is C65H125NO5. The summed E-state index contributed by atoms with van der Waals surface area (Å²) in [6, 6.07) is -0.541. The molecule has 6 heteroatoms. The van der Waals surface area contributed by atoms with Crippen molar-refractivity contribution in [3.63, 3.8) is 0 Å². The van der Waals surface area contributed by atoms with E-state index >= 15 is 0 Å². The number of allylic oxidation sites excluding steroid dienone is 4. The van der Waals surface area contributed by atoms with Crippen molar-refractivity contribution in [3.05, 3.63) is 24.3 Å². The maximum atomic E-state index is 12.5. The summed E-state index contributed by atoms with van der Waals surface area (Å²) in [4.78, 5) is 24.6. The second kappa shape index (κ2) is 60.9. The first-order chi connectivity index (χ1) is 35.0. The monoisotopic (exact) mass is 1000 g/mol. The van der Waals surface area contributed by atoms with Crippen LogP contribution in [0.1, 0.15) is 354 Å². The van der Waals surface area contributed by atoms with Crippen LogP contribution >= 0.6 is 0 Å². The third-order valence-electron chi connectivity index (χ3n) is 15.0. The first-order valence-electron chi connectivity index (χ1n) is 32.1. The van der Waals surface area contributed by atoms with Gasteiger partial charge in [0.25, 0.3) is 0 Å². The fraction of sp³-hybridized carbons (Fsp3) is 0.908. The van der Waals surface area contributed by atoms with Crippen LogP contribution in [0.25, 0.3) is 0 Å². The lowest BCUT2D eigenvalue weighted by molar-refractivity contribution is -0.143. The van der Waals surface area contributed by atoms with Gasteiger partial charge in [-0.1, -0.05) is 308 Å². The number of rotatable bonds is 60. The van der Waals surface area contributed by atoms with E-state index in [-0.39, 0.29) is 18.5 Å². The van der Waals surface area contributed by atoms with Gasteiger partial charge < -0.3 is 20.3 Å². The first kappa shape index (κ1) is 69.3. The van der Waals surface area contributed by atoms with Crippen molar-refractivity contribution in [2.45, 2.75) is 366 Å². The highest BCUT2D eigenvalue weighted by Gasteiger charge is 2.20. The van der Waals surface area contributed by atoms with Crippen LogP contribution in [-0.4, -0.2) is 47.4 Å². The fourth-order valence-corrected chi connectivity index (χ4v) is 10.1. The van der Waals surface area contributed by atoms with Crippen molar-refractivity contribution in [1.82, 2.24) is 5.32 Å². The molecule has 0 spiro atoms. The lowest BCUT2D eigenvalue weighted by Crippen LogP contribution is -2.45. The van der Waals surface area contributed by atoms with Crippen molar-refractivity contribution >= 4 is 11.9 Å². The number of esters is 1. The molecule has 71 heavy (non-hydrogen) atoms. The Balaban J connectivity index is 3.35. The van der Waals surface area contributed by atoms with E-state index in [9.17, 15) is 19.8 Å². The standard InChI is InChI=1S/C65H125NO5/c1-3-5-7-9-11-13-15-17-18-19-24-28-31-35-39-43-47-51-55-59-65(70)71-60-56-52-48-44-40-36-32-29-26-23-21-20-22-25-27-30-34-38-42-46-50-54-58-64(69)66-62(61-67)63(68)57-53-49-45-41-37-33-16-14-12-10-8-6-4-2/h11,13,17-18,62-63,67-68H,3-10,12,14-16,19-61H2,1-2H3,(H,66,69)/b13-11-,18-17-. The second-order valence-corrected chi connectivity index (χ2v) is 22.1. The molecule has 0 saturated carbocycles. The Kier molecular flexibility index (Phi) is 59.5. The lowest BCUT2D eigenvalue weighted by Gasteiger charge is -2.22. The summed E-state index contributed by atoms with van der Waals surface area (Å²) < 4.78 is 5.50. The van der Waals surface area contributed by atoms with E-state index in [1.807, 2.05) is 0 Å². The van der Waals surface area contributed by atoms with Crippen molar-refractivity contribution in [3.8, 4) is 0 Å². The molecule has 0 radical (unpaired) electrons. The number of aliphatic hydroxyl groups is 2. The van der Waals surface area contributed by atoms with Crippen LogP contribution in [0, 0.1) is 0 Å². The van der Waals surface area contributed by atoms with Crippen LogP contribution in [0.5, 0.6) is 0 Å². The quantitative estimate of drug-likeness (QED) is 0.0320. The van der Waals surface area contributed by atoms with E-state index in [0.29, 0.717) is 25.9 Å². The number of aliphatic hydroxyl groups excluding tert-OH is 2. The van der Waals surface area contributed by atoms with Gasteiger partial charge in [-0.25, -0.2) is 0 Å². The average Bonchev–Trinajstić information content (AvgIpc) is 3.37. The molecule has 0 aliphatic rings. The largest absolute Gasteiger partial charge is 0.466 e. The lowest BCUT2D eigenvalue weighted by atomic mass is 10.0. The van der Waals surface area contributed by atoms with E-state index in [0.717, 1.165) is 51.4 Å².